The molecule has 0 aliphatic heterocycles. The van der Waals surface area contributed by atoms with Crippen LogP contribution in [-0.2, 0) is 0 Å². The fraction of sp³-hybridized carbons (Fsp3) is 0.611. The smallest absolute Gasteiger partial charge is 0.251 e. The first-order chi connectivity index (χ1) is 10.3. The van der Waals surface area contributed by atoms with Crippen LogP contribution >= 0.6 is 0 Å². The van der Waals surface area contributed by atoms with Crippen molar-refractivity contribution < 1.29 is 9.53 Å². The quantitative estimate of drug-likeness (QED) is 0.625. The largest absolute Gasteiger partial charge is 0.494 e. The Hall–Kier alpha value is -1.51. The van der Waals surface area contributed by atoms with Crippen LogP contribution in [0.5, 0.6) is 5.75 Å². The molecule has 21 heavy (non-hydrogen) atoms. The Morgan fingerprint density at radius 2 is 1.81 bits per heavy atom. The van der Waals surface area contributed by atoms with Gasteiger partial charge in [-0.25, -0.2) is 0 Å². The first-order valence-electron chi connectivity index (χ1n) is 8.33. The fourth-order valence-electron chi connectivity index (χ4n) is 2.73. The summed E-state index contributed by atoms with van der Waals surface area (Å²) in [6.07, 6.45) is 9.48. The number of nitrogens with one attached hydrogen (secondary N) is 1. The summed E-state index contributed by atoms with van der Waals surface area (Å²) in [6, 6.07) is 7.83. The van der Waals surface area contributed by atoms with Gasteiger partial charge in [-0.1, -0.05) is 39.0 Å². The molecule has 0 heterocycles. The van der Waals surface area contributed by atoms with Crippen LogP contribution in [0.2, 0.25) is 0 Å². The number of rotatable bonds is 6. The molecule has 1 aliphatic carbocycles. The number of carbonyl (C=O) groups is 1. The van der Waals surface area contributed by atoms with Gasteiger partial charge in [0.25, 0.3) is 5.91 Å². The number of ether oxygens (including phenoxy) is 1. The van der Waals surface area contributed by atoms with E-state index < -0.39 is 0 Å². The van der Waals surface area contributed by atoms with E-state index >= 15 is 0 Å². The second-order valence-corrected chi connectivity index (χ2v) is 5.89. The SMILES string of the molecule is CCCCOc1ccc(C(=O)NC2CCCCCC2)cc1. The third kappa shape index (κ3) is 5.41. The minimum absolute atomic E-state index is 0.0435. The van der Waals surface area contributed by atoms with Gasteiger partial charge in [0, 0.05) is 11.6 Å². The molecule has 0 atom stereocenters. The molecule has 0 saturated heterocycles. The van der Waals surface area contributed by atoms with Gasteiger partial charge < -0.3 is 10.1 Å². The zero-order chi connectivity index (χ0) is 14.9. The molecule has 1 aromatic carbocycles. The Bertz CT molecular complexity index is 419. The van der Waals surface area contributed by atoms with Gasteiger partial charge >= 0.3 is 0 Å². The van der Waals surface area contributed by atoms with Crippen molar-refractivity contribution in [2.75, 3.05) is 6.61 Å². The van der Waals surface area contributed by atoms with E-state index in [1.165, 1.54) is 25.7 Å². The Balaban J connectivity index is 1.84. The normalized spacial score (nSPS) is 16.2. The number of unbranched alkanes of at least 4 members (excludes halogenated alkanes) is 1. The monoisotopic (exact) mass is 289 g/mol. The van der Waals surface area contributed by atoms with E-state index in [0.29, 0.717) is 6.04 Å². The first kappa shape index (κ1) is 15.9. The Morgan fingerprint density at radius 1 is 1.14 bits per heavy atom. The van der Waals surface area contributed by atoms with Crippen molar-refractivity contribution >= 4 is 5.91 Å². The topological polar surface area (TPSA) is 38.3 Å². The maximum Gasteiger partial charge on any atom is 0.251 e. The zero-order valence-electron chi connectivity index (χ0n) is 13.1. The lowest BCUT2D eigenvalue weighted by Gasteiger charge is -2.16. The molecule has 0 radical (unpaired) electrons. The van der Waals surface area contributed by atoms with Gasteiger partial charge in [0.05, 0.1) is 6.61 Å². The first-order valence-corrected chi connectivity index (χ1v) is 8.33. The van der Waals surface area contributed by atoms with Crippen LogP contribution in [0.15, 0.2) is 24.3 Å². The molecule has 0 aromatic heterocycles. The Labute approximate surface area is 128 Å². The standard InChI is InChI=1S/C18H27NO2/c1-2-3-14-21-17-12-10-15(11-13-17)18(20)19-16-8-6-4-5-7-9-16/h10-13,16H,2-9,14H2,1H3,(H,19,20). The highest BCUT2D eigenvalue weighted by atomic mass is 16.5. The summed E-state index contributed by atoms with van der Waals surface area (Å²) in [5.41, 5.74) is 0.724. The summed E-state index contributed by atoms with van der Waals surface area (Å²) in [7, 11) is 0. The van der Waals surface area contributed by atoms with Crippen molar-refractivity contribution in [3.63, 3.8) is 0 Å². The fourth-order valence-corrected chi connectivity index (χ4v) is 2.73. The maximum absolute atomic E-state index is 12.2. The van der Waals surface area contributed by atoms with E-state index in [-0.39, 0.29) is 5.91 Å². The molecule has 1 aromatic rings. The van der Waals surface area contributed by atoms with Crippen LogP contribution in [0.4, 0.5) is 0 Å². The van der Waals surface area contributed by atoms with Gasteiger partial charge in [-0.05, 0) is 43.5 Å². The number of benzene rings is 1. The van der Waals surface area contributed by atoms with Crippen LogP contribution in [0, 0.1) is 0 Å². The van der Waals surface area contributed by atoms with E-state index in [0.717, 1.165) is 43.6 Å². The minimum atomic E-state index is 0.0435. The van der Waals surface area contributed by atoms with Gasteiger partial charge in [-0.3, -0.25) is 4.79 Å². The average molecular weight is 289 g/mol. The molecule has 3 heteroatoms. The van der Waals surface area contributed by atoms with Crippen LogP contribution < -0.4 is 10.1 Å². The second kappa shape index (κ2) is 8.71. The molecule has 2 rings (SSSR count). The predicted molar refractivity (Wildman–Crippen MR) is 85.8 cm³/mol. The summed E-state index contributed by atoms with van der Waals surface area (Å²) in [5, 5.41) is 3.17. The zero-order valence-corrected chi connectivity index (χ0v) is 13.1. The van der Waals surface area contributed by atoms with Gasteiger partial charge in [-0.15, -0.1) is 0 Å². The summed E-state index contributed by atoms with van der Waals surface area (Å²) < 4.78 is 5.62. The van der Waals surface area contributed by atoms with E-state index in [4.69, 9.17) is 4.74 Å². The van der Waals surface area contributed by atoms with E-state index in [9.17, 15) is 4.79 Å². The Kier molecular flexibility index (Phi) is 6.58. The molecule has 1 aliphatic rings. The van der Waals surface area contributed by atoms with Crippen molar-refractivity contribution in [2.24, 2.45) is 0 Å². The lowest BCUT2D eigenvalue weighted by molar-refractivity contribution is 0.0933. The highest BCUT2D eigenvalue weighted by molar-refractivity contribution is 5.94. The van der Waals surface area contributed by atoms with Crippen molar-refractivity contribution in [2.45, 2.75) is 64.3 Å². The van der Waals surface area contributed by atoms with Gasteiger partial charge in [-0.2, -0.15) is 0 Å². The second-order valence-electron chi connectivity index (χ2n) is 5.89. The molecule has 1 saturated carbocycles. The highest BCUT2D eigenvalue weighted by Crippen LogP contribution is 2.18. The van der Waals surface area contributed by atoms with Crippen LogP contribution in [-0.4, -0.2) is 18.6 Å². The summed E-state index contributed by atoms with van der Waals surface area (Å²) in [6.45, 7) is 2.88. The number of hydrogen-bond acceptors (Lipinski definition) is 2. The van der Waals surface area contributed by atoms with Crippen molar-refractivity contribution in [3.8, 4) is 5.75 Å². The minimum Gasteiger partial charge on any atom is -0.494 e. The summed E-state index contributed by atoms with van der Waals surface area (Å²) in [4.78, 5) is 12.2. The average Bonchev–Trinajstić information content (AvgIpc) is 2.77. The van der Waals surface area contributed by atoms with E-state index in [2.05, 4.69) is 12.2 Å². The van der Waals surface area contributed by atoms with Crippen LogP contribution in [0.25, 0.3) is 0 Å². The molecule has 1 amide bonds. The molecular formula is C18H27NO2. The predicted octanol–water partition coefficient (Wildman–Crippen LogP) is 4.32. The molecule has 1 N–H and O–H groups in total. The summed E-state index contributed by atoms with van der Waals surface area (Å²) >= 11 is 0. The summed E-state index contributed by atoms with van der Waals surface area (Å²) in [5.74, 6) is 0.886. The van der Waals surface area contributed by atoms with Crippen molar-refractivity contribution in [1.82, 2.24) is 5.32 Å². The van der Waals surface area contributed by atoms with E-state index in [1.807, 2.05) is 24.3 Å². The molecule has 1 fully saturated rings. The van der Waals surface area contributed by atoms with Crippen molar-refractivity contribution in [3.05, 3.63) is 29.8 Å². The number of carbonyl (C=O) groups excluding carboxylic acids is 1. The number of hydrogen-bond donors (Lipinski definition) is 1. The van der Waals surface area contributed by atoms with E-state index in [1.54, 1.807) is 0 Å². The van der Waals surface area contributed by atoms with Gasteiger partial charge in [0.1, 0.15) is 5.75 Å². The maximum atomic E-state index is 12.2. The highest BCUT2D eigenvalue weighted by Gasteiger charge is 2.15. The third-order valence-corrected chi connectivity index (χ3v) is 4.07. The molecule has 0 bridgehead atoms. The molecule has 0 unspecified atom stereocenters. The Morgan fingerprint density at radius 3 is 2.43 bits per heavy atom. The molecule has 116 valence electrons. The molecule has 3 nitrogen and oxygen atoms in total. The van der Waals surface area contributed by atoms with Crippen molar-refractivity contribution in [1.29, 1.82) is 0 Å². The number of amides is 1. The van der Waals surface area contributed by atoms with Gasteiger partial charge in [0.15, 0.2) is 0 Å². The third-order valence-electron chi connectivity index (χ3n) is 4.07. The molecular weight excluding hydrogens is 262 g/mol. The lowest BCUT2D eigenvalue weighted by Crippen LogP contribution is -2.34. The van der Waals surface area contributed by atoms with Crippen LogP contribution in [0.3, 0.4) is 0 Å². The molecule has 0 spiro atoms. The van der Waals surface area contributed by atoms with Gasteiger partial charge in [0.2, 0.25) is 0 Å². The van der Waals surface area contributed by atoms with Crippen LogP contribution in [0.1, 0.15) is 68.6 Å². The lowest BCUT2D eigenvalue weighted by atomic mass is 10.1.